The van der Waals surface area contributed by atoms with Crippen molar-refractivity contribution in [2.24, 2.45) is 5.73 Å². The molecule has 3 atom stereocenters. The molecular formula is C16H27N3. The summed E-state index contributed by atoms with van der Waals surface area (Å²) in [6.07, 6.45) is 0.982. The van der Waals surface area contributed by atoms with Crippen LogP contribution in [0.4, 0.5) is 5.69 Å². The number of anilines is 1. The Kier molecular flexibility index (Phi) is 4.48. The summed E-state index contributed by atoms with van der Waals surface area (Å²) in [5.74, 6) is 0. The lowest BCUT2D eigenvalue weighted by Crippen LogP contribution is -2.55. The molecule has 3 nitrogen and oxygen atoms in total. The van der Waals surface area contributed by atoms with Gasteiger partial charge in [0, 0.05) is 36.9 Å². The Hall–Kier alpha value is -1.06. The van der Waals surface area contributed by atoms with Crippen molar-refractivity contribution >= 4 is 5.69 Å². The lowest BCUT2D eigenvalue weighted by molar-refractivity contribution is 0.170. The second kappa shape index (κ2) is 5.93. The van der Waals surface area contributed by atoms with Crippen molar-refractivity contribution in [2.75, 3.05) is 25.0 Å². The van der Waals surface area contributed by atoms with Gasteiger partial charge in [0.25, 0.3) is 0 Å². The van der Waals surface area contributed by atoms with Crippen molar-refractivity contribution in [2.45, 2.75) is 45.3 Å². The molecule has 19 heavy (non-hydrogen) atoms. The Labute approximate surface area is 117 Å². The molecule has 3 heteroatoms. The molecule has 2 N–H and O–H groups in total. The molecule has 0 bridgehead atoms. The van der Waals surface area contributed by atoms with Gasteiger partial charge in [-0.25, -0.2) is 0 Å². The summed E-state index contributed by atoms with van der Waals surface area (Å²) in [6, 6.07) is 9.91. The number of likely N-dealkylation sites (N-methyl/N-ethyl adjacent to an activating group) is 1. The molecule has 0 aliphatic carbocycles. The first kappa shape index (κ1) is 14.4. The molecule has 0 radical (unpaired) electrons. The first-order valence-corrected chi connectivity index (χ1v) is 7.36. The quantitative estimate of drug-likeness (QED) is 0.908. The van der Waals surface area contributed by atoms with Crippen LogP contribution in [0.3, 0.4) is 0 Å². The van der Waals surface area contributed by atoms with Gasteiger partial charge in [0.05, 0.1) is 0 Å². The lowest BCUT2D eigenvalue weighted by Gasteiger charge is -2.44. The minimum Gasteiger partial charge on any atom is -0.368 e. The summed E-state index contributed by atoms with van der Waals surface area (Å²) in [4.78, 5) is 4.96. The minimum atomic E-state index is 0.140. The zero-order valence-corrected chi connectivity index (χ0v) is 12.6. The zero-order valence-electron chi connectivity index (χ0n) is 12.6. The highest BCUT2D eigenvalue weighted by atomic mass is 15.3. The van der Waals surface area contributed by atoms with E-state index in [0.717, 1.165) is 19.5 Å². The number of nitrogens with zero attached hydrogens (tertiary/aromatic N) is 2. The number of rotatable bonds is 3. The summed E-state index contributed by atoms with van der Waals surface area (Å²) < 4.78 is 0. The van der Waals surface area contributed by atoms with Gasteiger partial charge in [-0.2, -0.15) is 0 Å². The SMILES string of the molecule is CC[C@@H](N)c1ccccc1N1CC(C)N(C)C(C)C1. The number of piperazine rings is 1. The van der Waals surface area contributed by atoms with E-state index in [4.69, 9.17) is 5.73 Å². The molecule has 106 valence electrons. The van der Waals surface area contributed by atoms with E-state index in [1.165, 1.54) is 11.3 Å². The van der Waals surface area contributed by atoms with Crippen LogP contribution in [0.5, 0.6) is 0 Å². The van der Waals surface area contributed by atoms with E-state index in [9.17, 15) is 0 Å². The van der Waals surface area contributed by atoms with Crippen LogP contribution in [-0.2, 0) is 0 Å². The molecule has 0 spiro atoms. The van der Waals surface area contributed by atoms with Crippen LogP contribution in [0.1, 0.15) is 38.8 Å². The van der Waals surface area contributed by atoms with Crippen LogP contribution in [0, 0.1) is 0 Å². The van der Waals surface area contributed by atoms with Crippen molar-refractivity contribution in [1.82, 2.24) is 4.90 Å². The Morgan fingerprint density at radius 1 is 1.21 bits per heavy atom. The molecule has 1 heterocycles. The van der Waals surface area contributed by atoms with Gasteiger partial charge in [-0.05, 0) is 38.9 Å². The van der Waals surface area contributed by atoms with Gasteiger partial charge in [0.2, 0.25) is 0 Å². The van der Waals surface area contributed by atoms with E-state index in [2.05, 4.69) is 61.9 Å². The normalized spacial score (nSPS) is 26.5. The van der Waals surface area contributed by atoms with Gasteiger partial charge in [0.15, 0.2) is 0 Å². The molecule has 0 saturated carbocycles. The van der Waals surface area contributed by atoms with Gasteiger partial charge < -0.3 is 10.6 Å². The fraction of sp³-hybridized carbons (Fsp3) is 0.625. The molecule has 1 saturated heterocycles. The minimum absolute atomic E-state index is 0.140. The predicted octanol–water partition coefficient (Wildman–Crippen LogP) is 2.63. The zero-order chi connectivity index (χ0) is 14.0. The van der Waals surface area contributed by atoms with Crippen LogP contribution in [0.2, 0.25) is 0 Å². The number of benzene rings is 1. The van der Waals surface area contributed by atoms with E-state index in [0.29, 0.717) is 12.1 Å². The van der Waals surface area contributed by atoms with Crippen molar-refractivity contribution < 1.29 is 0 Å². The molecule has 1 fully saturated rings. The van der Waals surface area contributed by atoms with E-state index in [1.54, 1.807) is 0 Å². The molecule has 1 aromatic rings. The largest absolute Gasteiger partial charge is 0.368 e. The van der Waals surface area contributed by atoms with Crippen LogP contribution in [-0.4, -0.2) is 37.1 Å². The standard InChI is InChI=1S/C16H27N3/c1-5-15(17)14-8-6-7-9-16(14)19-10-12(2)18(4)13(3)11-19/h6-9,12-13,15H,5,10-11,17H2,1-4H3/t12?,13?,15-/m1/s1. The number of nitrogens with two attached hydrogens (primary N) is 1. The Morgan fingerprint density at radius 2 is 1.79 bits per heavy atom. The second-order valence-electron chi connectivity index (χ2n) is 5.84. The lowest BCUT2D eigenvalue weighted by atomic mass is 10.0. The van der Waals surface area contributed by atoms with E-state index >= 15 is 0 Å². The van der Waals surface area contributed by atoms with Crippen LogP contribution in [0.15, 0.2) is 24.3 Å². The Morgan fingerprint density at radius 3 is 2.37 bits per heavy atom. The number of hydrogen-bond donors (Lipinski definition) is 1. The van der Waals surface area contributed by atoms with Crippen molar-refractivity contribution in [3.8, 4) is 0 Å². The van der Waals surface area contributed by atoms with Gasteiger partial charge in [-0.1, -0.05) is 25.1 Å². The highest BCUT2D eigenvalue weighted by molar-refractivity contribution is 5.55. The van der Waals surface area contributed by atoms with Crippen LogP contribution in [0.25, 0.3) is 0 Å². The molecule has 1 aromatic carbocycles. The first-order valence-electron chi connectivity index (χ1n) is 7.36. The third-order valence-electron chi connectivity index (χ3n) is 4.48. The first-order chi connectivity index (χ1) is 9.04. The molecule has 1 aliphatic rings. The summed E-state index contributed by atoms with van der Waals surface area (Å²) in [5, 5.41) is 0. The highest BCUT2D eigenvalue weighted by Gasteiger charge is 2.28. The summed E-state index contributed by atoms with van der Waals surface area (Å²) in [5.41, 5.74) is 8.87. The average Bonchev–Trinajstić information content (AvgIpc) is 2.43. The molecule has 2 unspecified atom stereocenters. The monoisotopic (exact) mass is 261 g/mol. The topological polar surface area (TPSA) is 32.5 Å². The maximum absolute atomic E-state index is 6.26. The Bertz CT molecular complexity index is 406. The molecule has 0 amide bonds. The van der Waals surface area contributed by atoms with Crippen molar-refractivity contribution in [3.05, 3.63) is 29.8 Å². The summed E-state index contributed by atoms with van der Waals surface area (Å²) in [6.45, 7) is 8.90. The maximum atomic E-state index is 6.26. The van der Waals surface area contributed by atoms with Crippen LogP contribution >= 0.6 is 0 Å². The summed E-state index contributed by atoms with van der Waals surface area (Å²) in [7, 11) is 2.22. The van der Waals surface area contributed by atoms with Crippen LogP contribution < -0.4 is 10.6 Å². The van der Waals surface area contributed by atoms with Gasteiger partial charge in [0.1, 0.15) is 0 Å². The fourth-order valence-electron chi connectivity index (χ4n) is 2.91. The summed E-state index contributed by atoms with van der Waals surface area (Å²) >= 11 is 0. The maximum Gasteiger partial charge on any atom is 0.0415 e. The molecule has 0 aromatic heterocycles. The number of para-hydroxylation sites is 1. The fourth-order valence-corrected chi connectivity index (χ4v) is 2.91. The highest BCUT2D eigenvalue weighted by Crippen LogP contribution is 2.29. The number of hydrogen-bond acceptors (Lipinski definition) is 3. The van der Waals surface area contributed by atoms with Gasteiger partial charge in [-0.3, -0.25) is 4.90 Å². The Balaban J connectivity index is 2.27. The third kappa shape index (κ3) is 2.93. The van der Waals surface area contributed by atoms with Gasteiger partial charge in [-0.15, -0.1) is 0 Å². The molecule has 1 aliphatic heterocycles. The van der Waals surface area contributed by atoms with Crippen molar-refractivity contribution in [3.63, 3.8) is 0 Å². The van der Waals surface area contributed by atoms with E-state index < -0.39 is 0 Å². The second-order valence-corrected chi connectivity index (χ2v) is 5.84. The van der Waals surface area contributed by atoms with E-state index in [-0.39, 0.29) is 6.04 Å². The third-order valence-corrected chi connectivity index (χ3v) is 4.48. The van der Waals surface area contributed by atoms with E-state index in [1.807, 2.05) is 0 Å². The van der Waals surface area contributed by atoms with Crippen molar-refractivity contribution in [1.29, 1.82) is 0 Å². The molecular weight excluding hydrogens is 234 g/mol. The smallest absolute Gasteiger partial charge is 0.0415 e. The molecule has 2 rings (SSSR count). The average molecular weight is 261 g/mol. The van der Waals surface area contributed by atoms with Gasteiger partial charge >= 0.3 is 0 Å². The predicted molar refractivity (Wildman–Crippen MR) is 82.6 cm³/mol.